The molecule has 0 saturated carbocycles. The Hall–Kier alpha value is -2.76. The molecule has 0 fully saturated rings. The molecule has 1 aromatic heterocycles. The van der Waals surface area contributed by atoms with Gasteiger partial charge < -0.3 is 4.74 Å². The van der Waals surface area contributed by atoms with E-state index in [4.69, 9.17) is 4.74 Å². The normalized spacial score (nSPS) is 11.7. The zero-order valence-electron chi connectivity index (χ0n) is 15.2. The van der Waals surface area contributed by atoms with Crippen LogP contribution in [-0.2, 0) is 9.53 Å². The average molecular weight is 341 g/mol. The summed E-state index contributed by atoms with van der Waals surface area (Å²) in [5.41, 5.74) is 1.88. The molecule has 1 heterocycles. The average Bonchev–Trinajstić information content (AvgIpc) is 2.93. The fraction of sp³-hybridized carbons (Fsp3) is 0.368. The van der Waals surface area contributed by atoms with Gasteiger partial charge >= 0.3 is 5.97 Å². The van der Waals surface area contributed by atoms with Crippen LogP contribution in [0.15, 0.2) is 30.3 Å². The number of carbonyl (C=O) groups is 2. The van der Waals surface area contributed by atoms with E-state index in [1.807, 2.05) is 45.0 Å². The van der Waals surface area contributed by atoms with E-state index in [1.165, 1.54) is 0 Å². The highest BCUT2D eigenvalue weighted by molar-refractivity contribution is 5.97. The predicted octanol–water partition coefficient (Wildman–Crippen LogP) is 3.38. The lowest BCUT2D eigenvalue weighted by molar-refractivity contribution is -0.121. The minimum absolute atomic E-state index is 0.0322. The molecule has 0 spiro atoms. The molecule has 0 aliphatic rings. The summed E-state index contributed by atoms with van der Waals surface area (Å²) in [6, 6.07) is 7.48. The van der Waals surface area contributed by atoms with Crippen LogP contribution < -0.4 is 0 Å². The van der Waals surface area contributed by atoms with Crippen molar-refractivity contribution in [1.29, 1.82) is 0 Å². The van der Waals surface area contributed by atoms with Gasteiger partial charge in [0.1, 0.15) is 0 Å². The Morgan fingerprint density at radius 2 is 1.92 bits per heavy atom. The van der Waals surface area contributed by atoms with Gasteiger partial charge in [0.05, 0.1) is 18.0 Å². The van der Waals surface area contributed by atoms with Crippen molar-refractivity contribution in [3.63, 3.8) is 0 Å². The summed E-state index contributed by atoms with van der Waals surface area (Å²) < 4.78 is 6.57. The third kappa shape index (κ3) is 4.21. The molecule has 132 valence electrons. The molecule has 0 bridgehead atoms. The van der Waals surface area contributed by atoms with Gasteiger partial charge in [0, 0.05) is 11.0 Å². The zero-order valence-corrected chi connectivity index (χ0v) is 15.2. The number of rotatable bonds is 5. The number of benzene rings is 1. The summed E-state index contributed by atoms with van der Waals surface area (Å²) in [6.07, 6.45) is 3.32. The maximum absolute atomic E-state index is 12.1. The van der Waals surface area contributed by atoms with Crippen molar-refractivity contribution in [3.8, 4) is 5.69 Å². The fourth-order valence-corrected chi connectivity index (χ4v) is 2.18. The molecule has 0 saturated heterocycles. The number of hydrogen-bond acceptors (Lipinski definition) is 5. The molecule has 2 rings (SSSR count). The van der Waals surface area contributed by atoms with Gasteiger partial charge in [0.15, 0.2) is 11.5 Å². The lowest BCUT2D eigenvalue weighted by Gasteiger charge is -2.13. The minimum Gasteiger partial charge on any atom is -0.461 e. The summed E-state index contributed by atoms with van der Waals surface area (Å²) in [5, 5.41) is 8.01. The number of aromatic nitrogens is 3. The largest absolute Gasteiger partial charge is 0.461 e. The standard InChI is InChI=1S/C19H23N3O3/c1-6-25-18(24)17-13(2)22(21-20-17)15-10-8-7-9-14(15)11-12-16(23)19(3,4)5/h7-12H,6H2,1-5H3/b12-11+. The van der Waals surface area contributed by atoms with E-state index in [2.05, 4.69) is 10.3 Å². The zero-order chi connectivity index (χ0) is 18.6. The molecule has 0 unspecified atom stereocenters. The molecule has 0 amide bonds. The summed E-state index contributed by atoms with van der Waals surface area (Å²) in [4.78, 5) is 24.1. The van der Waals surface area contributed by atoms with E-state index >= 15 is 0 Å². The van der Waals surface area contributed by atoms with Crippen molar-refractivity contribution in [3.05, 3.63) is 47.3 Å². The first-order valence-corrected chi connectivity index (χ1v) is 8.17. The van der Waals surface area contributed by atoms with Crippen LogP contribution in [-0.4, -0.2) is 33.4 Å². The SMILES string of the molecule is CCOC(=O)c1nnn(-c2ccccc2/C=C/C(=O)C(C)(C)C)c1C. The van der Waals surface area contributed by atoms with Crippen molar-refractivity contribution >= 4 is 17.8 Å². The molecule has 0 aliphatic carbocycles. The number of carbonyl (C=O) groups excluding carboxylic acids is 2. The maximum Gasteiger partial charge on any atom is 0.360 e. The molecule has 6 heteroatoms. The second-order valence-electron chi connectivity index (χ2n) is 6.66. The summed E-state index contributed by atoms with van der Waals surface area (Å²) in [6.45, 7) is 9.40. The summed E-state index contributed by atoms with van der Waals surface area (Å²) in [7, 11) is 0. The summed E-state index contributed by atoms with van der Waals surface area (Å²) >= 11 is 0. The van der Waals surface area contributed by atoms with E-state index in [0.717, 1.165) is 11.3 Å². The molecule has 25 heavy (non-hydrogen) atoms. The lowest BCUT2D eigenvalue weighted by Crippen LogP contribution is -2.17. The fourth-order valence-electron chi connectivity index (χ4n) is 2.18. The molecule has 0 N–H and O–H groups in total. The third-order valence-corrected chi connectivity index (χ3v) is 3.68. The highest BCUT2D eigenvalue weighted by Crippen LogP contribution is 2.21. The smallest absolute Gasteiger partial charge is 0.360 e. The number of hydrogen-bond donors (Lipinski definition) is 0. The Balaban J connectivity index is 2.41. The van der Waals surface area contributed by atoms with Gasteiger partial charge in [-0.1, -0.05) is 44.2 Å². The minimum atomic E-state index is -0.498. The van der Waals surface area contributed by atoms with Gasteiger partial charge in [0.25, 0.3) is 0 Å². The topological polar surface area (TPSA) is 74.1 Å². The predicted molar refractivity (Wildman–Crippen MR) is 95.5 cm³/mol. The van der Waals surface area contributed by atoms with E-state index in [9.17, 15) is 9.59 Å². The van der Waals surface area contributed by atoms with Gasteiger partial charge in [-0.25, -0.2) is 9.48 Å². The van der Waals surface area contributed by atoms with Crippen LogP contribution in [0, 0.1) is 12.3 Å². The van der Waals surface area contributed by atoms with Crippen molar-refractivity contribution < 1.29 is 14.3 Å². The molecule has 0 atom stereocenters. The second kappa shape index (κ2) is 7.42. The van der Waals surface area contributed by atoms with Crippen LogP contribution in [0.4, 0.5) is 0 Å². The quantitative estimate of drug-likeness (QED) is 0.616. The van der Waals surface area contributed by atoms with E-state index in [-0.39, 0.29) is 18.1 Å². The number of allylic oxidation sites excluding steroid dienone is 1. The highest BCUT2D eigenvalue weighted by Gasteiger charge is 2.20. The summed E-state index contributed by atoms with van der Waals surface area (Å²) in [5.74, 6) is -0.466. The number of ketones is 1. The van der Waals surface area contributed by atoms with Gasteiger partial charge in [-0.2, -0.15) is 0 Å². The first kappa shape index (κ1) is 18.6. The van der Waals surface area contributed by atoms with Crippen LogP contribution in [0.1, 0.15) is 49.4 Å². The van der Waals surface area contributed by atoms with Gasteiger partial charge in [-0.05, 0) is 32.1 Å². The van der Waals surface area contributed by atoms with Gasteiger partial charge in [0.2, 0.25) is 0 Å². The van der Waals surface area contributed by atoms with Crippen LogP contribution in [0.2, 0.25) is 0 Å². The number of para-hydroxylation sites is 1. The van der Waals surface area contributed by atoms with Crippen molar-refractivity contribution in [2.45, 2.75) is 34.6 Å². The van der Waals surface area contributed by atoms with E-state index < -0.39 is 11.4 Å². The Labute approximate surface area is 147 Å². The number of ether oxygens (including phenoxy) is 1. The Morgan fingerprint density at radius 1 is 1.24 bits per heavy atom. The van der Waals surface area contributed by atoms with Crippen LogP contribution in [0.25, 0.3) is 11.8 Å². The number of nitrogens with zero attached hydrogens (tertiary/aromatic N) is 3. The van der Waals surface area contributed by atoms with Crippen LogP contribution in [0.5, 0.6) is 0 Å². The van der Waals surface area contributed by atoms with Crippen LogP contribution in [0.3, 0.4) is 0 Å². The van der Waals surface area contributed by atoms with Gasteiger partial charge in [-0.3, -0.25) is 4.79 Å². The molecule has 0 radical (unpaired) electrons. The van der Waals surface area contributed by atoms with E-state index in [1.54, 1.807) is 30.7 Å². The molecule has 6 nitrogen and oxygen atoms in total. The van der Waals surface area contributed by atoms with E-state index in [0.29, 0.717) is 5.69 Å². The van der Waals surface area contributed by atoms with Gasteiger partial charge in [-0.15, -0.1) is 5.10 Å². The van der Waals surface area contributed by atoms with Crippen LogP contribution >= 0.6 is 0 Å². The lowest BCUT2D eigenvalue weighted by atomic mass is 9.90. The first-order chi connectivity index (χ1) is 11.8. The van der Waals surface area contributed by atoms with Crippen molar-refractivity contribution in [2.24, 2.45) is 5.41 Å². The monoisotopic (exact) mass is 341 g/mol. The Morgan fingerprint density at radius 3 is 2.56 bits per heavy atom. The third-order valence-electron chi connectivity index (χ3n) is 3.68. The molecule has 1 aromatic carbocycles. The highest BCUT2D eigenvalue weighted by atomic mass is 16.5. The molecule has 0 aliphatic heterocycles. The first-order valence-electron chi connectivity index (χ1n) is 8.17. The van der Waals surface area contributed by atoms with Crippen molar-refractivity contribution in [2.75, 3.05) is 6.61 Å². The number of esters is 1. The Kier molecular flexibility index (Phi) is 5.51. The Bertz CT molecular complexity index is 814. The maximum atomic E-state index is 12.1. The second-order valence-corrected chi connectivity index (χ2v) is 6.66. The molecular weight excluding hydrogens is 318 g/mol. The molecule has 2 aromatic rings. The van der Waals surface area contributed by atoms with Crippen molar-refractivity contribution in [1.82, 2.24) is 15.0 Å². The molecular formula is C19H23N3O3.